The number of rotatable bonds is 8. The lowest BCUT2D eigenvalue weighted by atomic mass is 10.1. The first-order chi connectivity index (χ1) is 14.7. The summed E-state index contributed by atoms with van der Waals surface area (Å²) in [6.07, 6.45) is 0. The van der Waals surface area contributed by atoms with E-state index < -0.39 is 27.2 Å². The van der Waals surface area contributed by atoms with E-state index in [1.807, 2.05) is 25.3 Å². The number of aromatic nitrogens is 1. The molecule has 0 bridgehead atoms. The minimum atomic E-state index is -3.90. The molecule has 1 aromatic heterocycles. The van der Waals surface area contributed by atoms with Crippen molar-refractivity contribution in [2.24, 2.45) is 0 Å². The van der Waals surface area contributed by atoms with E-state index in [1.165, 1.54) is 16.4 Å². The highest BCUT2D eigenvalue weighted by atomic mass is 32.2. The number of hydrogen-bond donors (Lipinski definition) is 0. The third-order valence-electron chi connectivity index (χ3n) is 5.28. The number of hydrogen-bond acceptors (Lipinski definition) is 7. The molecule has 1 fully saturated rings. The summed E-state index contributed by atoms with van der Waals surface area (Å²) in [4.78, 5) is 23.2. The Kier molecular flexibility index (Phi) is 6.77. The summed E-state index contributed by atoms with van der Waals surface area (Å²) in [5.41, 5.74) is 1.72. The third kappa shape index (κ3) is 4.63. The molecule has 0 aliphatic carbocycles. The lowest BCUT2D eigenvalue weighted by Crippen LogP contribution is -2.40. The first-order valence-corrected chi connectivity index (χ1v) is 11.3. The summed E-state index contributed by atoms with van der Waals surface area (Å²) < 4.78 is 39.4. The first-order valence-electron chi connectivity index (χ1n) is 9.86. The number of ketones is 1. The van der Waals surface area contributed by atoms with Gasteiger partial charge in [0.15, 0.2) is 12.4 Å². The quantitative estimate of drug-likeness (QED) is 0.343. The number of nitro groups is 1. The smallest absolute Gasteiger partial charge is 0.312 e. The van der Waals surface area contributed by atoms with Crippen LogP contribution in [-0.4, -0.2) is 60.9 Å². The molecule has 168 valence electrons. The Labute approximate surface area is 180 Å². The van der Waals surface area contributed by atoms with Crippen LogP contribution in [0.25, 0.3) is 0 Å². The van der Waals surface area contributed by atoms with Gasteiger partial charge in [0.1, 0.15) is 0 Å². The second-order valence-corrected chi connectivity index (χ2v) is 9.08. The number of ether oxygens (including phenoxy) is 2. The topological polar surface area (TPSA) is 121 Å². The van der Waals surface area contributed by atoms with Gasteiger partial charge in [-0.05, 0) is 39.0 Å². The van der Waals surface area contributed by atoms with Gasteiger partial charge in [-0.25, -0.2) is 8.42 Å². The second kappa shape index (κ2) is 9.16. The average Bonchev–Trinajstić information content (AvgIpc) is 3.05. The summed E-state index contributed by atoms with van der Waals surface area (Å²) >= 11 is 0. The van der Waals surface area contributed by atoms with Gasteiger partial charge in [-0.15, -0.1) is 0 Å². The largest absolute Gasteiger partial charge is 0.478 e. The molecule has 2 heterocycles. The highest BCUT2D eigenvalue weighted by molar-refractivity contribution is 7.89. The molecular weight excluding hydrogens is 426 g/mol. The van der Waals surface area contributed by atoms with E-state index >= 15 is 0 Å². The summed E-state index contributed by atoms with van der Waals surface area (Å²) in [6.45, 7) is 6.91. The maximum absolute atomic E-state index is 12.8. The Balaban J connectivity index is 1.82. The maximum atomic E-state index is 12.8. The molecule has 0 spiro atoms. The standard InChI is InChI=1S/C20H25N3O7S/c1-4-22-14(2)11-17(15(22)3)19(24)13-30-20-6-5-16(12-18(20)23(25)26)31(27,28)21-7-9-29-10-8-21/h5-6,11-12H,4,7-10,13H2,1-3H3. The van der Waals surface area contributed by atoms with Gasteiger partial charge in [0.2, 0.25) is 15.8 Å². The fourth-order valence-corrected chi connectivity index (χ4v) is 5.08. The number of nitro benzene ring substituents is 1. The predicted octanol–water partition coefficient (Wildman–Crippen LogP) is 2.32. The Bertz CT molecular complexity index is 1100. The van der Waals surface area contributed by atoms with Gasteiger partial charge in [-0.3, -0.25) is 14.9 Å². The minimum Gasteiger partial charge on any atom is -0.478 e. The molecule has 10 nitrogen and oxygen atoms in total. The summed E-state index contributed by atoms with van der Waals surface area (Å²) in [7, 11) is -3.90. The molecule has 0 unspecified atom stereocenters. The fraction of sp³-hybridized carbons (Fsp3) is 0.450. The van der Waals surface area contributed by atoms with Crippen LogP contribution in [0.5, 0.6) is 5.75 Å². The number of benzene rings is 1. The lowest BCUT2D eigenvalue weighted by Gasteiger charge is -2.26. The van der Waals surface area contributed by atoms with E-state index in [2.05, 4.69) is 0 Å². The molecule has 0 saturated carbocycles. The Hall–Kier alpha value is -2.76. The molecular formula is C20H25N3O7S. The molecule has 3 rings (SSSR count). The van der Waals surface area contributed by atoms with E-state index in [1.54, 1.807) is 6.07 Å². The predicted molar refractivity (Wildman–Crippen MR) is 112 cm³/mol. The van der Waals surface area contributed by atoms with Crippen LogP contribution < -0.4 is 4.74 Å². The van der Waals surface area contributed by atoms with E-state index in [9.17, 15) is 23.3 Å². The summed E-state index contributed by atoms with van der Waals surface area (Å²) in [5.74, 6) is -0.476. The van der Waals surface area contributed by atoms with Crippen molar-refractivity contribution < 1.29 is 27.6 Å². The fourth-order valence-electron chi connectivity index (χ4n) is 3.65. The van der Waals surface area contributed by atoms with Crippen molar-refractivity contribution in [1.82, 2.24) is 8.87 Å². The van der Waals surface area contributed by atoms with Crippen molar-refractivity contribution >= 4 is 21.5 Å². The highest BCUT2D eigenvalue weighted by Gasteiger charge is 2.29. The van der Waals surface area contributed by atoms with Crippen LogP contribution in [0, 0.1) is 24.0 Å². The number of aryl methyl sites for hydroxylation is 1. The van der Waals surface area contributed by atoms with Crippen LogP contribution in [0.3, 0.4) is 0 Å². The molecule has 0 N–H and O–H groups in total. The van der Waals surface area contributed by atoms with Crippen molar-refractivity contribution in [3.63, 3.8) is 0 Å². The number of Topliss-reactive ketones (excluding diaryl/α,β-unsaturated/α-hetero) is 1. The number of morpholine rings is 1. The maximum Gasteiger partial charge on any atom is 0.312 e. The zero-order valence-electron chi connectivity index (χ0n) is 17.7. The van der Waals surface area contributed by atoms with Crippen molar-refractivity contribution in [3.8, 4) is 5.75 Å². The summed E-state index contributed by atoms with van der Waals surface area (Å²) in [6, 6.07) is 5.19. The van der Waals surface area contributed by atoms with Crippen LogP contribution >= 0.6 is 0 Å². The Morgan fingerprint density at radius 2 is 1.90 bits per heavy atom. The van der Waals surface area contributed by atoms with Gasteiger partial charge in [0.25, 0.3) is 0 Å². The van der Waals surface area contributed by atoms with Crippen molar-refractivity contribution in [1.29, 1.82) is 0 Å². The molecule has 11 heteroatoms. The molecule has 1 aromatic carbocycles. The van der Waals surface area contributed by atoms with E-state index in [0.29, 0.717) is 5.56 Å². The van der Waals surface area contributed by atoms with Gasteiger partial charge < -0.3 is 14.0 Å². The molecule has 2 aromatic rings. The zero-order chi connectivity index (χ0) is 22.8. The molecule has 0 radical (unpaired) electrons. The van der Waals surface area contributed by atoms with E-state index in [-0.39, 0.29) is 42.7 Å². The van der Waals surface area contributed by atoms with Gasteiger partial charge in [-0.1, -0.05) is 0 Å². The number of nitrogens with zero attached hydrogens (tertiary/aromatic N) is 3. The van der Waals surface area contributed by atoms with Crippen LogP contribution in [0.4, 0.5) is 5.69 Å². The Morgan fingerprint density at radius 3 is 2.48 bits per heavy atom. The van der Waals surface area contributed by atoms with Crippen molar-refractivity contribution in [3.05, 3.63) is 51.3 Å². The minimum absolute atomic E-state index is 0.163. The SMILES string of the molecule is CCn1c(C)cc(C(=O)COc2ccc(S(=O)(=O)N3CCOCC3)cc2[N+](=O)[O-])c1C. The molecule has 1 saturated heterocycles. The number of carbonyl (C=O) groups excluding carboxylic acids is 1. The number of carbonyl (C=O) groups is 1. The summed E-state index contributed by atoms with van der Waals surface area (Å²) in [5, 5.41) is 11.5. The first kappa shape index (κ1) is 22.9. The van der Waals surface area contributed by atoms with Gasteiger partial charge in [-0.2, -0.15) is 4.31 Å². The van der Waals surface area contributed by atoms with Crippen LogP contribution in [-0.2, 0) is 21.3 Å². The van der Waals surface area contributed by atoms with Crippen LogP contribution in [0.1, 0.15) is 28.7 Å². The number of sulfonamides is 1. The Morgan fingerprint density at radius 1 is 1.23 bits per heavy atom. The third-order valence-corrected chi connectivity index (χ3v) is 7.18. The molecule has 1 aliphatic heterocycles. The van der Waals surface area contributed by atoms with E-state index in [4.69, 9.17) is 9.47 Å². The van der Waals surface area contributed by atoms with Gasteiger partial charge in [0.05, 0.1) is 23.0 Å². The van der Waals surface area contributed by atoms with Crippen LogP contribution in [0.2, 0.25) is 0 Å². The second-order valence-electron chi connectivity index (χ2n) is 7.14. The normalized spacial score (nSPS) is 15.1. The molecule has 1 aliphatic rings. The van der Waals surface area contributed by atoms with Crippen molar-refractivity contribution in [2.45, 2.75) is 32.2 Å². The lowest BCUT2D eigenvalue weighted by molar-refractivity contribution is -0.386. The highest BCUT2D eigenvalue weighted by Crippen LogP contribution is 2.31. The van der Waals surface area contributed by atoms with Gasteiger partial charge >= 0.3 is 5.69 Å². The van der Waals surface area contributed by atoms with Crippen molar-refractivity contribution in [2.75, 3.05) is 32.9 Å². The molecule has 0 atom stereocenters. The van der Waals surface area contributed by atoms with Crippen LogP contribution in [0.15, 0.2) is 29.2 Å². The van der Waals surface area contributed by atoms with E-state index in [0.717, 1.165) is 24.0 Å². The van der Waals surface area contributed by atoms with Gasteiger partial charge in [0, 0.05) is 42.7 Å². The zero-order valence-corrected chi connectivity index (χ0v) is 18.5. The molecule has 31 heavy (non-hydrogen) atoms. The average molecular weight is 452 g/mol. The monoisotopic (exact) mass is 451 g/mol. The molecule has 0 amide bonds.